The fraction of sp³-hybridized carbons (Fsp3) is 0.536. The molecule has 2 aliphatic heterocycles. The van der Waals surface area contributed by atoms with Crippen molar-refractivity contribution >= 4 is 39.1 Å². The number of amides is 1. The number of carbonyl (C=O) groups excluding carboxylic acids is 1. The molecule has 2 aromatic carbocycles. The predicted molar refractivity (Wildman–Crippen MR) is 147 cm³/mol. The Morgan fingerprint density at radius 1 is 1.03 bits per heavy atom. The summed E-state index contributed by atoms with van der Waals surface area (Å²) in [5.74, 6) is -0.771. The van der Waals surface area contributed by atoms with Gasteiger partial charge in [0.1, 0.15) is 11.6 Å². The van der Waals surface area contributed by atoms with E-state index in [2.05, 4.69) is 4.90 Å². The molecule has 39 heavy (non-hydrogen) atoms. The number of nitrogens with zero attached hydrogens (tertiary/aromatic N) is 1. The van der Waals surface area contributed by atoms with Gasteiger partial charge in [-0.25, -0.2) is 17.5 Å². The van der Waals surface area contributed by atoms with Gasteiger partial charge in [-0.3, -0.25) is 9.69 Å². The van der Waals surface area contributed by atoms with Crippen molar-refractivity contribution in [2.45, 2.75) is 55.2 Å². The van der Waals surface area contributed by atoms with Crippen LogP contribution in [0, 0.1) is 11.7 Å². The average Bonchev–Trinajstić information content (AvgIpc) is 3.74. The highest BCUT2D eigenvalue weighted by molar-refractivity contribution is 7.91. The molecule has 0 bridgehead atoms. The minimum atomic E-state index is -3.76. The standard InChI is InChI=1S/C28H31Cl2FN2O5S/c29-20-9-19(10-21(30)11-20)28(15-37-16-28)33-7-5-17(6-8-33)14-38-26-13-25(31)24(12-23(26)18-1-2-18)27(34)32-39(35,36)22-3-4-22/h9-13,17-18,22H,1-8,14-16H2,(H,32,34). The van der Waals surface area contributed by atoms with Crippen LogP contribution >= 0.6 is 23.2 Å². The van der Waals surface area contributed by atoms with E-state index in [0.29, 0.717) is 54.4 Å². The zero-order valence-electron chi connectivity index (χ0n) is 21.4. The first-order valence-corrected chi connectivity index (χ1v) is 15.8. The molecule has 0 atom stereocenters. The maximum Gasteiger partial charge on any atom is 0.267 e. The number of nitrogens with one attached hydrogen (secondary N) is 1. The van der Waals surface area contributed by atoms with Crippen molar-refractivity contribution in [2.75, 3.05) is 32.9 Å². The number of hydrogen-bond acceptors (Lipinski definition) is 6. The zero-order chi connectivity index (χ0) is 27.4. The summed E-state index contributed by atoms with van der Waals surface area (Å²) in [6, 6.07) is 8.37. The maximum atomic E-state index is 15.0. The average molecular weight is 598 g/mol. The summed E-state index contributed by atoms with van der Waals surface area (Å²) in [7, 11) is -3.76. The van der Waals surface area contributed by atoms with Crippen LogP contribution in [-0.4, -0.2) is 57.4 Å². The Hall–Kier alpha value is -1.91. The van der Waals surface area contributed by atoms with E-state index in [4.69, 9.17) is 32.7 Å². The summed E-state index contributed by atoms with van der Waals surface area (Å²) in [6.45, 7) is 3.36. The molecule has 1 amide bonds. The Bertz CT molecular complexity index is 1360. The molecular formula is C28H31Cl2FN2O5S. The highest BCUT2D eigenvalue weighted by Crippen LogP contribution is 2.46. The van der Waals surface area contributed by atoms with Gasteiger partial charge >= 0.3 is 0 Å². The monoisotopic (exact) mass is 596 g/mol. The summed E-state index contributed by atoms with van der Waals surface area (Å²) in [4.78, 5) is 15.0. The van der Waals surface area contributed by atoms with Crippen molar-refractivity contribution in [3.05, 3.63) is 62.9 Å². The number of likely N-dealkylation sites (tertiary alicyclic amines) is 1. The van der Waals surface area contributed by atoms with E-state index >= 15 is 0 Å². The minimum absolute atomic E-state index is 0.192. The van der Waals surface area contributed by atoms with Crippen LogP contribution in [0.25, 0.3) is 0 Å². The SMILES string of the molecule is O=C(NS(=O)(=O)C1CC1)c1cc(C2CC2)c(OCC2CCN(C3(c4cc(Cl)cc(Cl)c4)COC3)CC2)cc1F. The Labute approximate surface area is 238 Å². The molecule has 0 unspecified atom stereocenters. The summed E-state index contributed by atoms with van der Waals surface area (Å²) in [6.07, 6.45) is 4.73. The van der Waals surface area contributed by atoms with Crippen LogP contribution in [0.15, 0.2) is 30.3 Å². The van der Waals surface area contributed by atoms with Crippen LogP contribution in [0.5, 0.6) is 5.75 Å². The Kier molecular flexibility index (Phi) is 7.33. The van der Waals surface area contributed by atoms with Crippen LogP contribution in [0.3, 0.4) is 0 Å². The summed E-state index contributed by atoms with van der Waals surface area (Å²) >= 11 is 12.6. The van der Waals surface area contributed by atoms with Crippen molar-refractivity contribution in [2.24, 2.45) is 5.92 Å². The van der Waals surface area contributed by atoms with Crippen LogP contribution < -0.4 is 9.46 Å². The van der Waals surface area contributed by atoms with Crippen LogP contribution in [0.4, 0.5) is 4.39 Å². The van der Waals surface area contributed by atoms with Gasteiger partial charge in [0, 0.05) is 16.1 Å². The maximum absolute atomic E-state index is 15.0. The fourth-order valence-electron chi connectivity index (χ4n) is 5.62. The Balaban J connectivity index is 1.10. The molecule has 2 saturated heterocycles. The van der Waals surface area contributed by atoms with Gasteiger partial charge in [-0.15, -0.1) is 0 Å². The number of carbonyl (C=O) groups is 1. The van der Waals surface area contributed by atoms with Crippen LogP contribution in [0.1, 0.15) is 65.9 Å². The normalized spacial score (nSPS) is 21.8. The van der Waals surface area contributed by atoms with E-state index in [0.717, 1.165) is 49.9 Å². The number of halogens is 3. The molecule has 0 aromatic heterocycles. The molecule has 4 fully saturated rings. The van der Waals surface area contributed by atoms with Gasteiger partial charge in [-0.1, -0.05) is 23.2 Å². The Morgan fingerprint density at radius 3 is 2.26 bits per heavy atom. The van der Waals surface area contributed by atoms with E-state index in [-0.39, 0.29) is 17.0 Å². The lowest BCUT2D eigenvalue weighted by molar-refractivity contribution is -0.155. The lowest BCUT2D eigenvalue weighted by Crippen LogP contribution is -2.61. The minimum Gasteiger partial charge on any atom is -0.493 e. The first kappa shape index (κ1) is 27.3. The fourth-order valence-corrected chi connectivity index (χ4v) is 7.43. The van der Waals surface area contributed by atoms with E-state index in [1.54, 1.807) is 6.07 Å². The number of ether oxygens (including phenoxy) is 2. The van der Waals surface area contributed by atoms with Crippen LogP contribution in [0.2, 0.25) is 10.0 Å². The van der Waals surface area contributed by atoms with E-state index in [1.165, 1.54) is 12.1 Å². The molecule has 7 nitrogen and oxygen atoms in total. The smallest absolute Gasteiger partial charge is 0.267 e. The number of rotatable bonds is 9. The third kappa shape index (κ3) is 5.66. The van der Waals surface area contributed by atoms with Gasteiger partial charge < -0.3 is 9.47 Å². The first-order valence-electron chi connectivity index (χ1n) is 13.5. The molecule has 6 rings (SSSR count). The topological polar surface area (TPSA) is 84.9 Å². The quantitative estimate of drug-likeness (QED) is 0.425. The van der Waals surface area contributed by atoms with Crippen molar-refractivity contribution in [1.29, 1.82) is 0 Å². The van der Waals surface area contributed by atoms with Crippen molar-refractivity contribution < 1.29 is 27.1 Å². The highest BCUT2D eigenvalue weighted by atomic mass is 35.5. The van der Waals surface area contributed by atoms with Crippen LogP contribution in [-0.2, 0) is 20.3 Å². The Morgan fingerprint density at radius 2 is 1.69 bits per heavy atom. The second-order valence-corrected chi connectivity index (χ2v) is 14.1. The third-order valence-electron chi connectivity index (χ3n) is 8.34. The number of hydrogen-bond donors (Lipinski definition) is 1. The van der Waals surface area contributed by atoms with Crippen molar-refractivity contribution in [3.63, 3.8) is 0 Å². The molecule has 2 saturated carbocycles. The third-order valence-corrected chi connectivity index (χ3v) is 10.6. The summed E-state index contributed by atoms with van der Waals surface area (Å²) in [5.41, 5.74) is 1.35. The first-order chi connectivity index (χ1) is 18.6. The second-order valence-electron chi connectivity index (χ2n) is 11.2. The molecule has 0 radical (unpaired) electrons. The van der Waals surface area contributed by atoms with Gasteiger partial charge in [-0.05, 0) is 98.8 Å². The molecule has 2 aromatic rings. The molecule has 11 heteroatoms. The van der Waals surface area contributed by atoms with E-state index in [9.17, 15) is 17.6 Å². The lowest BCUT2D eigenvalue weighted by Gasteiger charge is -2.52. The largest absolute Gasteiger partial charge is 0.493 e. The summed E-state index contributed by atoms with van der Waals surface area (Å²) < 4.78 is 53.2. The number of benzene rings is 2. The molecule has 2 heterocycles. The van der Waals surface area contributed by atoms with E-state index in [1.807, 2.05) is 16.9 Å². The van der Waals surface area contributed by atoms with Gasteiger partial charge in [-0.2, -0.15) is 0 Å². The lowest BCUT2D eigenvalue weighted by atomic mass is 9.83. The zero-order valence-corrected chi connectivity index (χ0v) is 23.8. The van der Waals surface area contributed by atoms with E-state index < -0.39 is 27.0 Å². The number of sulfonamides is 1. The summed E-state index contributed by atoms with van der Waals surface area (Å²) in [5, 5.41) is 0.661. The van der Waals surface area contributed by atoms with Gasteiger partial charge in [0.2, 0.25) is 10.0 Å². The van der Waals surface area contributed by atoms with Crippen molar-refractivity contribution in [1.82, 2.24) is 9.62 Å². The second kappa shape index (κ2) is 10.5. The molecule has 4 aliphatic rings. The predicted octanol–water partition coefficient (Wildman–Crippen LogP) is 5.25. The van der Waals surface area contributed by atoms with Gasteiger partial charge in [0.15, 0.2) is 0 Å². The number of piperidine rings is 1. The van der Waals surface area contributed by atoms with Gasteiger partial charge in [0.25, 0.3) is 5.91 Å². The molecule has 1 N–H and O–H groups in total. The molecular weight excluding hydrogens is 566 g/mol. The highest BCUT2D eigenvalue weighted by Gasteiger charge is 2.47. The molecule has 0 spiro atoms. The van der Waals surface area contributed by atoms with Crippen molar-refractivity contribution in [3.8, 4) is 5.75 Å². The molecule has 210 valence electrons. The molecule has 2 aliphatic carbocycles. The van der Waals surface area contributed by atoms with Gasteiger partial charge in [0.05, 0.1) is 36.2 Å².